The van der Waals surface area contributed by atoms with Crippen LogP contribution < -0.4 is 0 Å². The molecule has 0 amide bonds. The van der Waals surface area contributed by atoms with Gasteiger partial charge in [0.05, 0.1) is 38.5 Å². The van der Waals surface area contributed by atoms with Gasteiger partial charge in [-0.25, -0.2) is 0 Å². The summed E-state index contributed by atoms with van der Waals surface area (Å²) in [7, 11) is 0. The highest BCUT2D eigenvalue weighted by molar-refractivity contribution is 5.08. The van der Waals surface area contributed by atoms with Crippen molar-refractivity contribution in [1.82, 2.24) is 9.88 Å². The van der Waals surface area contributed by atoms with Crippen LogP contribution in [0.5, 0.6) is 0 Å². The van der Waals surface area contributed by atoms with Gasteiger partial charge in [0.15, 0.2) is 0 Å². The van der Waals surface area contributed by atoms with E-state index in [1.54, 1.807) is 18.7 Å². The summed E-state index contributed by atoms with van der Waals surface area (Å²) in [4.78, 5) is 6.55. The maximum atomic E-state index is 6.05. The van der Waals surface area contributed by atoms with E-state index in [0.29, 0.717) is 18.6 Å². The second-order valence-electron chi connectivity index (χ2n) is 7.42. The summed E-state index contributed by atoms with van der Waals surface area (Å²) in [5.74, 6) is 0. The minimum Gasteiger partial charge on any atom is -0.472 e. The van der Waals surface area contributed by atoms with Gasteiger partial charge in [0.1, 0.15) is 0 Å². The molecule has 1 atom stereocenters. The molecule has 0 aliphatic carbocycles. The lowest BCUT2D eigenvalue weighted by Crippen LogP contribution is -2.40. The summed E-state index contributed by atoms with van der Waals surface area (Å²) in [5.41, 5.74) is 2.79. The Balaban J connectivity index is 1.20. The van der Waals surface area contributed by atoms with Crippen LogP contribution in [0.3, 0.4) is 0 Å². The highest BCUT2D eigenvalue weighted by atomic mass is 16.5. The van der Waals surface area contributed by atoms with Gasteiger partial charge in [0.2, 0.25) is 0 Å². The van der Waals surface area contributed by atoms with E-state index in [1.807, 2.05) is 18.4 Å². The SMILES string of the molecule is c1cc(COC[C@H]2CC3(CCN(Cc4ccoc4)CC3)CO2)ccn1. The van der Waals surface area contributed by atoms with Crippen molar-refractivity contribution in [3.8, 4) is 0 Å². The van der Waals surface area contributed by atoms with Crippen LogP contribution in [0.15, 0.2) is 47.5 Å². The first kappa shape index (κ1) is 16.8. The van der Waals surface area contributed by atoms with Crippen LogP contribution in [-0.4, -0.2) is 42.3 Å². The molecule has 134 valence electrons. The standard InChI is InChI=1S/C20H26N2O3/c1-6-21-7-2-17(1)13-24-15-19-11-20(16-25-19)4-8-22(9-5-20)12-18-3-10-23-14-18/h1-3,6-7,10,14,19H,4-5,8-9,11-13,15-16H2/t19-/m1/s1. The molecule has 5 heteroatoms. The lowest BCUT2D eigenvalue weighted by molar-refractivity contribution is 0.00633. The monoisotopic (exact) mass is 342 g/mol. The third-order valence-electron chi connectivity index (χ3n) is 5.51. The highest BCUT2D eigenvalue weighted by Gasteiger charge is 2.42. The van der Waals surface area contributed by atoms with Gasteiger partial charge in [-0.15, -0.1) is 0 Å². The Kier molecular flexibility index (Phi) is 5.15. The summed E-state index contributed by atoms with van der Waals surface area (Å²) in [6.07, 6.45) is 11.0. The molecule has 0 N–H and O–H groups in total. The fourth-order valence-electron chi connectivity index (χ4n) is 3.96. The second-order valence-corrected chi connectivity index (χ2v) is 7.42. The van der Waals surface area contributed by atoms with E-state index in [2.05, 4.69) is 16.0 Å². The molecule has 2 saturated heterocycles. The first-order valence-electron chi connectivity index (χ1n) is 9.13. The van der Waals surface area contributed by atoms with Crippen LogP contribution in [0.25, 0.3) is 0 Å². The first-order valence-corrected chi connectivity index (χ1v) is 9.13. The van der Waals surface area contributed by atoms with Crippen LogP contribution in [0.2, 0.25) is 0 Å². The smallest absolute Gasteiger partial charge is 0.0947 e. The van der Waals surface area contributed by atoms with Crippen molar-refractivity contribution in [3.05, 3.63) is 54.2 Å². The number of likely N-dealkylation sites (tertiary alicyclic amines) is 1. The molecule has 2 aromatic rings. The molecule has 5 nitrogen and oxygen atoms in total. The summed E-state index contributed by atoms with van der Waals surface area (Å²) in [6.45, 7) is 5.47. The molecule has 0 radical (unpaired) electrons. The number of furan rings is 1. The minimum atomic E-state index is 0.238. The molecule has 4 rings (SSSR count). The Morgan fingerprint density at radius 1 is 1.16 bits per heavy atom. The van der Waals surface area contributed by atoms with Crippen molar-refractivity contribution in [2.75, 3.05) is 26.3 Å². The number of pyridine rings is 1. The summed E-state index contributed by atoms with van der Waals surface area (Å²) in [5, 5.41) is 0. The second kappa shape index (κ2) is 7.68. The van der Waals surface area contributed by atoms with Crippen molar-refractivity contribution >= 4 is 0 Å². The fourth-order valence-corrected chi connectivity index (χ4v) is 3.96. The molecule has 0 bridgehead atoms. The number of hydrogen-bond acceptors (Lipinski definition) is 5. The molecule has 0 saturated carbocycles. The zero-order valence-electron chi connectivity index (χ0n) is 14.6. The summed E-state index contributed by atoms with van der Waals surface area (Å²) >= 11 is 0. The number of piperidine rings is 1. The molecular weight excluding hydrogens is 316 g/mol. The van der Waals surface area contributed by atoms with E-state index < -0.39 is 0 Å². The van der Waals surface area contributed by atoms with Gasteiger partial charge in [-0.1, -0.05) is 0 Å². The van der Waals surface area contributed by atoms with Crippen LogP contribution >= 0.6 is 0 Å². The Bertz CT molecular complexity index is 636. The molecule has 0 aromatic carbocycles. The molecule has 1 spiro atoms. The Hall–Kier alpha value is -1.69. The fraction of sp³-hybridized carbons (Fsp3) is 0.550. The van der Waals surface area contributed by atoms with Crippen molar-refractivity contribution in [1.29, 1.82) is 0 Å². The van der Waals surface area contributed by atoms with Gasteiger partial charge in [0, 0.05) is 24.5 Å². The molecule has 2 aliphatic heterocycles. The van der Waals surface area contributed by atoms with E-state index in [1.165, 1.54) is 18.4 Å². The van der Waals surface area contributed by atoms with Crippen molar-refractivity contribution in [3.63, 3.8) is 0 Å². The average molecular weight is 342 g/mol. The quantitative estimate of drug-likeness (QED) is 0.806. The third kappa shape index (κ3) is 4.29. The van der Waals surface area contributed by atoms with Crippen LogP contribution in [0.4, 0.5) is 0 Å². The predicted octanol–water partition coefficient (Wildman–Crippen LogP) is 3.26. The minimum absolute atomic E-state index is 0.238. The van der Waals surface area contributed by atoms with Gasteiger partial charge < -0.3 is 13.9 Å². The molecule has 2 aliphatic rings. The maximum absolute atomic E-state index is 6.05. The van der Waals surface area contributed by atoms with E-state index in [0.717, 1.165) is 38.2 Å². The summed E-state index contributed by atoms with van der Waals surface area (Å²) < 4.78 is 17.1. The topological polar surface area (TPSA) is 47.7 Å². The highest BCUT2D eigenvalue weighted by Crippen LogP contribution is 2.42. The predicted molar refractivity (Wildman–Crippen MR) is 93.9 cm³/mol. The zero-order chi connectivity index (χ0) is 17.0. The number of rotatable bonds is 6. The molecular formula is C20H26N2O3. The molecule has 0 unspecified atom stereocenters. The normalized spacial score (nSPS) is 23.3. The van der Waals surface area contributed by atoms with E-state index >= 15 is 0 Å². The zero-order valence-corrected chi connectivity index (χ0v) is 14.6. The summed E-state index contributed by atoms with van der Waals surface area (Å²) in [6, 6.07) is 6.04. The number of ether oxygens (including phenoxy) is 2. The molecule has 2 aromatic heterocycles. The van der Waals surface area contributed by atoms with Gasteiger partial charge in [-0.05, 0) is 61.5 Å². The van der Waals surface area contributed by atoms with Crippen molar-refractivity contribution in [2.24, 2.45) is 5.41 Å². The Morgan fingerprint density at radius 3 is 2.76 bits per heavy atom. The van der Waals surface area contributed by atoms with Gasteiger partial charge in [0.25, 0.3) is 0 Å². The van der Waals surface area contributed by atoms with Crippen LogP contribution in [0.1, 0.15) is 30.4 Å². The van der Waals surface area contributed by atoms with Crippen LogP contribution in [-0.2, 0) is 22.6 Å². The van der Waals surface area contributed by atoms with Crippen LogP contribution in [0, 0.1) is 5.41 Å². The number of nitrogens with zero attached hydrogens (tertiary/aromatic N) is 2. The van der Waals surface area contributed by atoms with Gasteiger partial charge in [-0.3, -0.25) is 9.88 Å². The number of hydrogen-bond donors (Lipinski definition) is 0. The van der Waals surface area contributed by atoms with E-state index in [-0.39, 0.29) is 6.10 Å². The van der Waals surface area contributed by atoms with E-state index in [4.69, 9.17) is 13.9 Å². The molecule has 25 heavy (non-hydrogen) atoms. The lowest BCUT2D eigenvalue weighted by Gasteiger charge is -2.38. The molecule has 4 heterocycles. The number of aromatic nitrogens is 1. The van der Waals surface area contributed by atoms with Gasteiger partial charge in [-0.2, -0.15) is 0 Å². The Labute approximate surface area is 148 Å². The largest absolute Gasteiger partial charge is 0.472 e. The maximum Gasteiger partial charge on any atom is 0.0947 e. The van der Waals surface area contributed by atoms with Crippen molar-refractivity contribution < 1.29 is 13.9 Å². The average Bonchev–Trinajstić information content (AvgIpc) is 3.29. The van der Waals surface area contributed by atoms with Gasteiger partial charge >= 0.3 is 0 Å². The Morgan fingerprint density at radius 2 is 2.00 bits per heavy atom. The molecule has 2 fully saturated rings. The van der Waals surface area contributed by atoms with Crippen molar-refractivity contribution in [2.45, 2.75) is 38.5 Å². The first-order chi connectivity index (χ1) is 12.3. The lowest BCUT2D eigenvalue weighted by atomic mass is 9.76. The van der Waals surface area contributed by atoms with E-state index in [9.17, 15) is 0 Å². The third-order valence-corrected chi connectivity index (χ3v) is 5.51.